The van der Waals surface area contributed by atoms with Gasteiger partial charge in [-0.3, -0.25) is 9.69 Å². The molecular weight excluding hydrogens is 316 g/mol. The molecule has 2 saturated heterocycles. The molecule has 140 valence electrons. The molecule has 2 aliphatic rings. The molecule has 0 aromatic carbocycles. The van der Waals surface area contributed by atoms with E-state index < -0.39 is 0 Å². The Kier molecular flexibility index (Phi) is 5.54. The van der Waals surface area contributed by atoms with Crippen LogP contribution < -0.4 is 0 Å². The summed E-state index contributed by atoms with van der Waals surface area (Å²) >= 11 is 0. The maximum Gasteiger partial charge on any atom is 0.227 e. The highest BCUT2D eigenvalue weighted by Gasteiger charge is 2.32. The van der Waals surface area contributed by atoms with Crippen molar-refractivity contribution >= 4 is 5.91 Å². The molecule has 1 amide bonds. The molecule has 0 radical (unpaired) electrons. The molecule has 0 aliphatic carbocycles. The van der Waals surface area contributed by atoms with Crippen LogP contribution in [-0.2, 0) is 9.53 Å². The summed E-state index contributed by atoms with van der Waals surface area (Å²) in [6.45, 7) is 13.5. The summed E-state index contributed by atoms with van der Waals surface area (Å²) in [6.07, 6.45) is 2.25. The number of amides is 1. The van der Waals surface area contributed by atoms with Crippen LogP contribution in [0.2, 0.25) is 0 Å². The third-order valence-corrected chi connectivity index (χ3v) is 5.29. The van der Waals surface area contributed by atoms with Gasteiger partial charge in [0.25, 0.3) is 0 Å². The van der Waals surface area contributed by atoms with Crippen LogP contribution in [0.3, 0.4) is 0 Å². The Morgan fingerprint density at radius 2 is 1.92 bits per heavy atom. The van der Waals surface area contributed by atoms with Gasteiger partial charge in [0.15, 0.2) is 0 Å². The molecule has 1 atom stereocenters. The molecule has 3 heterocycles. The van der Waals surface area contributed by atoms with Crippen molar-refractivity contribution in [2.24, 2.45) is 11.3 Å². The number of morpholine rings is 1. The van der Waals surface area contributed by atoms with E-state index >= 15 is 0 Å². The molecule has 5 heteroatoms. The maximum absolute atomic E-state index is 12.4. The van der Waals surface area contributed by atoms with Gasteiger partial charge in [0.2, 0.25) is 5.91 Å². The zero-order chi connectivity index (χ0) is 18.0. The summed E-state index contributed by atoms with van der Waals surface area (Å²) in [5, 5.41) is 0. The van der Waals surface area contributed by atoms with Crippen LogP contribution in [0.5, 0.6) is 0 Å². The van der Waals surface area contributed by atoms with Gasteiger partial charge in [-0.2, -0.15) is 0 Å². The topological polar surface area (TPSA) is 45.9 Å². The average Bonchev–Trinajstić information content (AvgIpc) is 3.01. The molecule has 0 bridgehead atoms. The van der Waals surface area contributed by atoms with Crippen molar-refractivity contribution in [1.82, 2.24) is 9.80 Å². The van der Waals surface area contributed by atoms with E-state index in [1.165, 1.54) is 0 Å². The number of aryl methyl sites for hydroxylation is 1. The summed E-state index contributed by atoms with van der Waals surface area (Å²) in [4.78, 5) is 17.0. The summed E-state index contributed by atoms with van der Waals surface area (Å²) in [5.74, 6) is 2.83. The van der Waals surface area contributed by atoms with Crippen molar-refractivity contribution in [3.8, 4) is 0 Å². The van der Waals surface area contributed by atoms with Gasteiger partial charge in [-0.1, -0.05) is 20.8 Å². The highest BCUT2D eigenvalue weighted by molar-refractivity contribution is 5.81. The molecule has 0 unspecified atom stereocenters. The number of piperidine rings is 1. The van der Waals surface area contributed by atoms with Crippen LogP contribution in [-0.4, -0.2) is 55.0 Å². The quantitative estimate of drug-likeness (QED) is 0.841. The summed E-state index contributed by atoms with van der Waals surface area (Å²) in [6, 6.07) is 4.03. The van der Waals surface area contributed by atoms with Crippen LogP contribution in [0.1, 0.15) is 51.2 Å². The average molecular weight is 348 g/mol. The van der Waals surface area contributed by atoms with Gasteiger partial charge in [-0.05, 0) is 37.8 Å². The second-order valence-corrected chi connectivity index (χ2v) is 8.55. The predicted molar refractivity (Wildman–Crippen MR) is 97.3 cm³/mol. The number of nitrogens with zero attached hydrogens (tertiary/aromatic N) is 2. The molecule has 0 saturated carbocycles. The molecular formula is C20H32N2O3. The highest BCUT2D eigenvalue weighted by atomic mass is 16.5. The maximum atomic E-state index is 12.4. The smallest absolute Gasteiger partial charge is 0.227 e. The zero-order valence-electron chi connectivity index (χ0n) is 16.1. The fourth-order valence-electron chi connectivity index (χ4n) is 3.83. The van der Waals surface area contributed by atoms with Gasteiger partial charge >= 0.3 is 0 Å². The third kappa shape index (κ3) is 4.64. The number of carbonyl (C=O) groups is 1. The van der Waals surface area contributed by atoms with Crippen molar-refractivity contribution in [2.45, 2.75) is 46.6 Å². The standard InChI is InChI=1S/C20H32N2O3/c1-15-5-6-17(25-15)18-14-21(11-12-24-18)13-16-7-9-22(10-8-16)19(23)20(2,3)4/h5-6,16,18H,7-14H2,1-4H3/t18-/m0/s1. The SMILES string of the molecule is Cc1ccc([C@@H]2CN(CC3CCN(C(=O)C(C)(C)C)CC3)CCO2)o1. The Morgan fingerprint density at radius 3 is 2.52 bits per heavy atom. The zero-order valence-corrected chi connectivity index (χ0v) is 16.1. The Morgan fingerprint density at radius 1 is 1.20 bits per heavy atom. The Labute approximate surface area is 151 Å². The van der Waals surface area contributed by atoms with Crippen molar-refractivity contribution < 1.29 is 13.9 Å². The largest absolute Gasteiger partial charge is 0.464 e. The summed E-state index contributed by atoms with van der Waals surface area (Å²) < 4.78 is 11.6. The Balaban J connectivity index is 1.48. The molecule has 0 spiro atoms. The normalized spacial score (nSPS) is 23.8. The van der Waals surface area contributed by atoms with Gasteiger partial charge < -0.3 is 14.1 Å². The van der Waals surface area contributed by atoms with Crippen molar-refractivity contribution in [1.29, 1.82) is 0 Å². The van der Waals surface area contributed by atoms with Gasteiger partial charge in [0.1, 0.15) is 17.6 Å². The lowest BCUT2D eigenvalue weighted by Gasteiger charge is -2.39. The van der Waals surface area contributed by atoms with Crippen molar-refractivity contribution in [3.05, 3.63) is 23.7 Å². The second-order valence-electron chi connectivity index (χ2n) is 8.55. The van der Waals surface area contributed by atoms with E-state index in [1.54, 1.807) is 0 Å². The number of ether oxygens (including phenoxy) is 1. The number of hydrogen-bond donors (Lipinski definition) is 0. The van der Waals surface area contributed by atoms with Crippen LogP contribution in [0.15, 0.2) is 16.5 Å². The lowest BCUT2D eigenvalue weighted by atomic mass is 9.90. The monoisotopic (exact) mass is 348 g/mol. The van der Waals surface area contributed by atoms with Gasteiger partial charge in [-0.15, -0.1) is 0 Å². The van der Waals surface area contributed by atoms with Gasteiger partial charge in [0, 0.05) is 38.1 Å². The van der Waals surface area contributed by atoms with E-state index in [4.69, 9.17) is 9.15 Å². The molecule has 5 nitrogen and oxygen atoms in total. The first kappa shape index (κ1) is 18.5. The van der Waals surface area contributed by atoms with E-state index in [1.807, 2.05) is 44.7 Å². The first-order valence-corrected chi connectivity index (χ1v) is 9.52. The van der Waals surface area contributed by atoms with Gasteiger partial charge in [0.05, 0.1) is 6.61 Å². The number of furan rings is 1. The van der Waals surface area contributed by atoms with Gasteiger partial charge in [-0.25, -0.2) is 0 Å². The minimum Gasteiger partial charge on any atom is -0.464 e. The van der Waals surface area contributed by atoms with Crippen LogP contribution in [0.4, 0.5) is 0 Å². The molecule has 3 rings (SSSR count). The van der Waals surface area contributed by atoms with E-state index in [0.717, 1.165) is 63.7 Å². The molecule has 2 aliphatic heterocycles. The molecule has 25 heavy (non-hydrogen) atoms. The Hall–Kier alpha value is -1.33. The second kappa shape index (κ2) is 7.50. The molecule has 1 aromatic heterocycles. The fraction of sp³-hybridized carbons (Fsp3) is 0.750. The summed E-state index contributed by atoms with van der Waals surface area (Å²) in [7, 11) is 0. The molecule has 2 fully saturated rings. The first-order chi connectivity index (χ1) is 11.8. The predicted octanol–water partition coefficient (Wildman–Crippen LogP) is 3.25. The number of hydrogen-bond acceptors (Lipinski definition) is 4. The first-order valence-electron chi connectivity index (χ1n) is 9.52. The van der Waals surface area contributed by atoms with Crippen molar-refractivity contribution in [2.75, 3.05) is 39.3 Å². The fourth-order valence-corrected chi connectivity index (χ4v) is 3.83. The van der Waals surface area contributed by atoms with E-state index in [9.17, 15) is 4.79 Å². The minimum absolute atomic E-state index is 0.0463. The van der Waals surface area contributed by atoms with Crippen LogP contribution >= 0.6 is 0 Å². The number of carbonyl (C=O) groups excluding carboxylic acids is 1. The lowest BCUT2D eigenvalue weighted by molar-refractivity contribution is -0.141. The summed E-state index contributed by atoms with van der Waals surface area (Å²) in [5.41, 5.74) is -0.272. The van der Waals surface area contributed by atoms with Crippen molar-refractivity contribution in [3.63, 3.8) is 0 Å². The lowest BCUT2D eigenvalue weighted by Crippen LogP contribution is -2.47. The highest BCUT2D eigenvalue weighted by Crippen LogP contribution is 2.27. The number of rotatable bonds is 3. The third-order valence-electron chi connectivity index (χ3n) is 5.29. The van der Waals surface area contributed by atoms with E-state index in [0.29, 0.717) is 5.92 Å². The van der Waals surface area contributed by atoms with E-state index in [-0.39, 0.29) is 17.4 Å². The van der Waals surface area contributed by atoms with E-state index in [2.05, 4.69) is 4.90 Å². The van der Waals surface area contributed by atoms with Crippen LogP contribution in [0.25, 0.3) is 0 Å². The molecule has 0 N–H and O–H groups in total. The Bertz CT molecular complexity index is 582. The minimum atomic E-state index is -0.272. The number of likely N-dealkylation sites (tertiary alicyclic amines) is 1. The molecule has 1 aromatic rings. The van der Waals surface area contributed by atoms with Crippen LogP contribution in [0, 0.1) is 18.3 Å².